The van der Waals surface area contributed by atoms with Crippen LogP contribution in [0.2, 0.25) is 0 Å². The molecule has 2 aliphatic heterocycles. The number of hydrogen-bond acceptors (Lipinski definition) is 3. The Hall–Kier alpha value is -8.08. The van der Waals surface area contributed by atoms with E-state index >= 15 is 0 Å². The van der Waals surface area contributed by atoms with Crippen LogP contribution in [0.3, 0.4) is 0 Å². The highest BCUT2D eigenvalue weighted by Gasteiger charge is 2.45. The Morgan fingerprint density at radius 1 is 0.328 bits per heavy atom. The molecule has 11 aromatic carbocycles. The van der Waals surface area contributed by atoms with Crippen molar-refractivity contribution < 1.29 is 0 Å². The summed E-state index contributed by atoms with van der Waals surface area (Å²) in [5.41, 5.74) is 16.8. The van der Waals surface area contributed by atoms with Gasteiger partial charge in [0.2, 0.25) is 0 Å². The second kappa shape index (κ2) is 14.2. The van der Waals surface area contributed by atoms with Gasteiger partial charge in [0.15, 0.2) is 0 Å². The summed E-state index contributed by atoms with van der Waals surface area (Å²) in [6.07, 6.45) is 0. The van der Waals surface area contributed by atoms with Crippen molar-refractivity contribution in [3.63, 3.8) is 0 Å². The van der Waals surface area contributed by atoms with E-state index in [2.05, 4.69) is 247 Å². The van der Waals surface area contributed by atoms with Crippen molar-refractivity contribution in [2.45, 2.75) is 13.8 Å². The van der Waals surface area contributed by atoms with Crippen LogP contribution < -0.4 is 31.1 Å². The van der Waals surface area contributed by atoms with Crippen LogP contribution in [-0.2, 0) is 0 Å². The maximum absolute atomic E-state index is 2.61. The van der Waals surface area contributed by atoms with Gasteiger partial charge in [0.05, 0.1) is 17.1 Å². The zero-order valence-electron chi connectivity index (χ0n) is 35.7. The Labute approximate surface area is 373 Å². The minimum atomic E-state index is -0.0529. The van der Waals surface area contributed by atoms with Crippen molar-refractivity contribution in [3.8, 4) is 0 Å². The van der Waals surface area contributed by atoms with E-state index in [4.69, 9.17) is 0 Å². The summed E-state index contributed by atoms with van der Waals surface area (Å²) in [5.74, 6) is 0. The van der Waals surface area contributed by atoms with Crippen LogP contribution in [-0.4, -0.2) is 6.71 Å². The van der Waals surface area contributed by atoms with Gasteiger partial charge in [0.25, 0.3) is 6.71 Å². The molecule has 0 saturated heterocycles. The second-order valence-electron chi connectivity index (χ2n) is 17.5. The molecule has 3 nitrogen and oxygen atoms in total. The highest BCUT2D eigenvalue weighted by atomic mass is 15.2. The van der Waals surface area contributed by atoms with E-state index in [0.29, 0.717) is 0 Å². The van der Waals surface area contributed by atoms with E-state index in [1.54, 1.807) is 0 Å². The zero-order valence-corrected chi connectivity index (χ0v) is 35.7. The predicted molar refractivity (Wildman–Crippen MR) is 275 cm³/mol. The molecule has 4 heteroatoms. The van der Waals surface area contributed by atoms with E-state index in [1.165, 1.54) is 93.4 Å². The van der Waals surface area contributed by atoms with Gasteiger partial charge < -0.3 is 14.7 Å². The molecule has 0 N–H and O–H groups in total. The normalized spacial score (nSPS) is 12.8. The molecule has 0 atom stereocenters. The maximum atomic E-state index is 2.61. The van der Waals surface area contributed by atoms with Crippen LogP contribution in [0.5, 0.6) is 0 Å². The average Bonchev–Trinajstić information content (AvgIpc) is 3.34. The number of benzene rings is 11. The molecule has 0 saturated carbocycles. The third-order valence-electron chi connectivity index (χ3n) is 13.7. The third kappa shape index (κ3) is 5.49. The smallest absolute Gasteiger partial charge is 0.252 e. The van der Waals surface area contributed by atoms with Gasteiger partial charge in [0, 0.05) is 55.7 Å². The summed E-state index contributed by atoms with van der Waals surface area (Å²) < 4.78 is 0. The van der Waals surface area contributed by atoms with Gasteiger partial charge in [-0.15, -0.1) is 0 Å². The molecule has 0 unspecified atom stereocenters. The molecule has 0 aromatic heterocycles. The van der Waals surface area contributed by atoms with Crippen LogP contribution in [0.25, 0.3) is 43.1 Å². The molecular formula is C60H42BN3. The Morgan fingerprint density at radius 2 is 0.703 bits per heavy atom. The molecule has 64 heavy (non-hydrogen) atoms. The lowest BCUT2D eigenvalue weighted by Gasteiger charge is -2.46. The standard InChI is InChI=1S/C60H42BN3/c1-39-25-31-45(32-26-39)62(46-33-27-40(2)28-34-46)47-37-56-58-57(38-47)64(55-24-12-18-42-14-4-8-20-49(42)55)60-51-22-10-6-16-44(51)30-36-53(60)61(58)52-35-29-43-15-5-9-21-50(43)59(52)63(56)54-23-11-17-41-13-3-7-19-48(41)54/h3-38H,1-2H3. The quantitative estimate of drug-likeness (QED) is 0.160. The minimum absolute atomic E-state index is 0.0529. The first-order valence-electron chi connectivity index (χ1n) is 22.3. The molecule has 0 spiro atoms. The molecule has 0 bridgehead atoms. The first-order chi connectivity index (χ1) is 31.6. The highest BCUT2D eigenvalue weighted by molar-refractivity contribution is 7.00. The van der Waals surface area contributed by atoms with Crippen molar-refractivity contribution in [3.05, 3.63) is 230 Å². The predicted octanol–water partition coefficient (Wildman–Crippen LogP) is 14.5. The summed E-state index contributed by atoms with van der Waals surface area (Å²) in [6, 6.07) is 81.5. The lowest BCUT2D eigenvalue weighted by molar-refractivity contribution is 1.23. The number of aryl methyl sites for hydroxylation is 2. The van der Waals surface area contributed by atoms with Crippen molar-refractivity contribution in [1.29, 1.82) is 0 Å². The van der Waals surface area contributed by atoms with Gasteiger partial charge in [-0.25, -0.2) is 0 Å². The fourth-order valence-corrected chi connectivity index (χ4v) is 10.8. The minimum Gasteiger partial charge on any atom is -0.310 e. The summed E-state index contributed by atoms with van der Waals surface area (Å²) >= 11 is 0. The topological polar surface area (TPSA) is 9.72 Å². The van der Waals surface area contributed by atoms with Crippen molar-refractivity contribution in [1.82, 2.24) is 0 Å². The lowest BCUT2D eigenvalue weighted by atomic mass is 9.33. The Bertz CT molecular complexity index is 3420. The van der Waals surface area contributed by atoms with Gasteiger partial charge in [-0.05, 0) is 100 Å². The van der Waals surface area contributed by atoms with Gasteiger partial charge in [-0.1, -0.05) is 181 Å². The molecule has 0 radical (unpaired) electrons. The lowest BCUT2D eigenvalue weighted by Crippen LogP contribution is -2.61. The largest absolute Gasteiger partial charge is 0.310 e. The van der Waals surface area contributed by atoms with Crippen LogP contribution in [0, 0.1) is 13.8 Å². The Morgan fingerprint density at radius 3 is 1.14 bits per heavy atom. The second-order valence-corrected chi connectivity index (χ2v) is 17.5. The van der Waals surface area contributed by atoms with E-state index in [-0.39, 0.29) is 6.71 Å². The van der Waals surface area contributed by atoms with Crippen LogP contribution >= 0.6 is 0 Å². The van der Waals surface area contributed by atoms with E-state index in [9.17, 15) is 0 Å². The molecule has 11 aromatic rings. The van der Waals surface area contributed by atoms with Gasteiger partial charge in [0.1, 0.15) is 0 Å². The first-order valence-corrected chi connectivity index (χ1v) is 22.3. The molecule has 2 aliphatic rings. The number of fused-ring (bicyclic) bond motifs is 10. The molecular weight excluding hydrogens is 773 g/mol. The van der Waals surface area contributed by atoms with E-state index in [1.807, 2.05) is 0 Å². The van der Waals surface area contributed by atoms with Gasteiger partial charge in [-0.3, -0.25) is 0 Å². The maximum Gasteiger partial charge on any atom is 0.252 e. The molecule has 0 amide bonds. The van der Waals surface area contributed by atoms with Crippen LogP contribution in [0.1, 0.15) is 11.1 Å². The SMILES string of the molecule is Cc1ccc(N(c2ccc(C)cc2)c2cc3c4c(c2)N(c2cccc5ccccc25)c2c(ccc5ccccc25)B4c2ccc4ccccc4c2N3c2cccc3ccccc23)cc1. The molecule has 0 fully saturated rings. The Balaban J connectivity index is 1.23. The van der Waals surface area contributed by atoms with Gasteiger partial charge >= 0.3 is 0 Å². The molecule has 2 heterocycles. The van der Waals surface area contributed by atoms with E-state index < -0.39 is 0 Å². The van der Waals surface area contributed by atoms with Crippen LogP contribution in [0.4, 0.5) is 51.2 Å². The highest BCUT2D eigenvalue weighted by Crippen LogP contribution is 2.52. The van der Waals surface area contributed by atoms with Gasteiger partial charge in [-0.2, -0.15) is 0 Å². The fraction of sp³-hybridized carbons (Fsp3) is 0.0333. The summed E-state index contributed by atoms with van der Waals surface area (Å²) in [7, 11) is 0. The van der Waals surface area contributed by atoms with Crippen molar-refractivity contribution in [2.24, 2.45) is 0 Å². The Kier molecular flexibility index (Phi) is 8.13. The summed E-state index contributed by atoms with van der Waals surface area (Å²) in [5, 5.41) is 9.76. The van der Waals surface area contributed by atoms with Crippen molar-refractivity contribution >= 4 is 117 Å². The molecule has 13 rings (SSSR count). The van der Waals surface area contributed by atoms with E-state index in [0.717, 1.165) is 28.4 Å². The fourth-order valence-electron chi connectivity index (χ4n) is 10.8. The summed E-state index contributed by atoms with van der Waals surface area (Å²) in [4.78, 5) is 7.66. The van der Waals surface area contributed by atoms with Crippen LogP contribution in [0.15, 0.2) is 218 Å². The van der Waals surface area contributed by atoms with Crippen molar-refractivity contribution in [2.75, 3.05) is 14.7 Å². The molecule has 0 aliphatic carbocycles. The number of anilines is 9. The average molecular weight is 816 g/mol. The number of rotatable bonds is 5. The zero-order chi connectivity index (χ0) is 42.5. The molecule has 300 valence electrons. The first kappa shape index (κ1) is 36.6. The number of hydrogen-bond donors (Lipinski definition) is 0. The summed E-state index contributed by atoms with van der Waals surface area (Å²) in [6.45, 7) is 4.27. The number of nitrogens with zero attached hydrogens (tertiary/aromatic N) is 3. The monoisotopic (exact) mass is 815 g/mol. The third-order valence-corrected chi connectivity index (χ3v) is 13.7.